The van der Waals surface area contributed by atoms with Crippen molar-refractivity contribution < 1.29 is 17.6 Å². The molecule has 0 aliphatic heterocycles. The average molecular weight is 194 g/mol. The molecule has 0 saturated heterocycles. The van der Waals surface area contributed by atoms with E-state index in [1.165, 1.54) is 0 Å². The first-order valence-corrected chi connectivity index (χ1v) is 2.11. The van der Waals surface area contributed by atoms with Crippen LogP contribution in [-0.4, -0.2) is 12.1 Å². The van der Waals surface area contributed by atoms with E-state index in [0.717, 1.165) is 0 Å². The lowest BCUT2D eigenvalue weighted by atomic mass is 10.7. The SMILES string of the molecule is F/C(=N\Br)C(F)(F)F. The van der Waals surface area contributed by atoms with E-state index in [1.807, 2.05) is 16.1 Å². The Morgan fingerprint density at radius 2 is 1.75 bits per heavy atom. The van der Waals surface area contributed by atoms with Crippen molar-refractivity contribution in [1.82, 2.24) is 0 Å². The topological polar surface area (TPSA) is 12.4 Å². The zero-order chi connectivity index (χ0) is 6.78. The van der Waals surface area contributed by atoms with Gasteiger partial charge in [0.05, 0.1) is 16.1 Å². The molecule has 0 aromatic heterocycles. The summed E-state index contributed by atoms with van der Waals surface area (Å²) >= 11 is 1.94. The second-order valence-electron chi connectivity index (χ2n) is 0.873. The first kappa shape index (κ1) is 7.87. The predicted octanol–water partition coefficient (Wildman–Crippen LogP) is 2.23. The molecule has 0 unspecified atom stereocenters. The van der Waals surface area contributed by atoms with Gasteiger partial charge in [-0.2, -0.15) is 21.6 Å². The van der Waals surface area contributed by atoms with Crippen LogP contribution in [0.15, 0.2) is 4.02 Å². The summed E-state index contributed by atoms with van der Waals surface area (Å²) in [5.74, 6) is -2.38. The molecule has 0 N–H and O–H groups in total. The van der Waals surface area contributed by atoms with Gasteiger partial charge in [-0.25, -0.2) is 0 Å². The van der Waals surface area contributed by atoms with Crippen molar-refractivity contribution in [3.63, 3.8) is 0 Å². The first-order valence-electron chi connectivity index (χ1n) is 1.40. The van der Waals surface area contributed by atoms with E-state index < -0.39 is 12.1 Å². The van der Waals surface area contributed by atoms with Crippen molar-refractivity contribution in [1.29, 1.82) is 0 Å². The summed E-state index contributed by atoms with van der Waals surface area (Å²) in [6, 6.07) is 0. The van der Waals surface area contributed by atoms with Gasteiger partial charge in [-0.3, -0.25) is 0 Å². The van der Waals surface area contributed by atoms with Gasteiger partial charge in [0.2, 0.25) is 0 Å². The minimum absolute atomic E-state index is 1.94. The Balaban J connectivity index is 4.03. The lowest BCUT2D eigenvalue weighted by Gasteiger charge is -1.96. The molecule has 8 heavy (non-hydrogen) atoms. The first-order chi connectivity index (χ1) is 3.48. The summed E-state index contributed by atoms with van der Waals surface area (Å²) in [4.78, 5) is 0. The number of rotatable bonds is 0. The van der Waals surface area contributed by atoms with E-state index in [1.54, 1.807) is 0 Å². The Hall–Kier alpha value is -0.130. The molecule has 0 fully saturated rings. The van der Waals surface area contributed by atoms with Gasteiger partial charge in [-0.05, 0) is 0 Å². The molecule has 0 spiro atoms. The Morgan fingerprint density at radius 1 is 1.38 bits per heavy atom. The van der Waals surface area contributed by atoms with E-state index >= 15 is 0 Å². The maximum absolute atomic E-state index is 11.2. The highest BCUT2D eigenvalue weighted by Gasteiger charge is 2.36. The molecule has 0 rings (SSSR count). The third-order valence-electron chi connectivity index (χ3n) is 0.308. The molecule has 0 aliphatic carbocycles. The Labute approximate surface area is 50.7 Å². The average Bonchev–Trinajstić information content (AvgIpc) is 1.62. The van der Waals surface area contributed by atoms with Gasteiger partial charge < -0.3 is 0 Å². The lowest BCUT2D eigenvalue weighted by Crippen LogP contribution is -2.16. The highest BCUT2D eigenvalue weighted by atomic mass is 79.9. The van der Waals surface area contributed by atoms with E-state index in [0.29, 0.717) is 0 Å². The van der Waals surface area contributed by atoms with Gasteiger partial charge in [-0.1, -0.05) is 0 Å². The smallest absolute Gasteiger partial charge is 0.179 e. The second kappa shape index (κ2) is 2.43. The van der Waals surface area contributed by atoms with Crippen molar-refractivity contribution in [2.24, 2.45) is 4.02 Å². The normalized spacial score (nSPS) is 14.4. The van der Waals surface area contributed by atoms with Crippen molar-refractivity contribution in [3.05, 3.63) is 0 Å². The number of hydrogen-bond donors (Lipinski definition) is 0. The van der Waals surface area contributed by atoms with Crippen LogP contribution in [0.2, 0.25) is 0 Å². The number of hydrogen-bond acceptors (Lipinski definition) is 1. The largest absolute Gasteiger partial charge is 0.462 e. The van der Waals surface area contributed by atoms with Gasteiger partial charge in [0.25, 0.3) is 0 Å². The zero-order valence-electron chi connectivity index (χ0n) is 3.34. The van der Waals surface area contributed by atoms with Crippen molar-refractivity contribution in [2.45, 2.75) is 6.18 Å². The molecular formula is C2BrF4N. The molecule has 0 bridgehead atoms. The minimum atomic E-state index is -4.95. The number of alkyl halides is 3. The van der Waals surface area contributed by atoms with Crippen LogP contribution in [0.3, 0.4) is 0 Å². The second-order valence-corrected chi connectivity index (χ2v) is 1.23. The van der Waals surface area contributed by atoms with Crippen LogP contribution in [0.25, 0.3) is 0 Å². The molecule has 0 atom stereocenters. The maximum Gasteiger partial charge on any atom is 0.462 e. The third kappa shape index (κ3) is 2.25. The molecule has 0 aliphatic rings. The van der Waals surface area contributed by atoms with Crippen LogP contribution in [0.5, 0.6) is 0 Å². The molecule has 0 amide bonds. The van der Waals surface area contributed by atoms with Gasteiger partial charge in [-0.15, -0.1) is 0 Å². The van der Waals surface area contributed by atoms with Crippen molar-refractivity contribution >= 4 is 22.1 Å². The van der Waals surface area contributed by atoms with Crippen LogP contribution in [-0.2, 0) is 0 Å². The summed E-state index contributed by atoms with van der Waals surface area (Å²) in [6.07, 6.45) is -4.95. The van der Waals surface area contributed by atoms with E-state index in [2.05, 4.69) is 4.02 Å². The molecule has 0 radical (unpaired) electrons. The quantitative estimate of drug-likeness (QED) is 0.414. The molecule has 6 heteroatoms. The standard InChI is InChI=1S/C2BrF4N/c3-8-1(4)2(5,6)7/b8-1-. The minimum Gasteiger partial charge on any atom is -0.179 e. The maximum atomic E-state index is 11.2. The van der Waals surface area contributed by atoms with Crippen LogP contribution in [0, 0.1) is 0 Å². The van der Waals surface area contributed by atoms with Crippen molar-refractivity contribution in [2.75, 3.05) is 0 Å². The Morgan fingerprint density at radius 3 is 1.75 bits per heavy atom. The zero-order valence-corrected chi connectivity index (χ0v) is 4.92. The lowest BCUT2D eigenvalue weighted by molar-refractivity contribution is -0.0669. The van der Waals surface area contributed by atoms with Gasteiger partial charge in [0.1, 0.15) is 0 Å². The molecule has 0 heterocycles. The van der Waals surface area contributed by atoms with E-state index in [-0.39, 0.29) is 0 Å². The third-order valence-corrected chi connectivity index (χ3v) is 0.619. The molecule has 1 nitrogen and oxygen atoms in total. The van der Waals surface area contributed by atoms with Crippen molar-refractivity contribution in [3.8, 4) is 0 Å². The number of halogens is 5. The fourth-order valence-electron chi connectivity index (χ4n) is 0.0479. The summed E-state index contributed by atoms with van der Waals surface area (Å²) in [5, 5.41) is 0. The fraction of sp³-hybridized carbons (Fsp3) is 0.500. The predicted molar refractivity (Wildman–Crippen MR) is 23.5 cm³/mol. The molecular weight excluding hydrogens is 194 g/mol. The monoisotopic (exact) mass is 193 g/mol. The van der Waals surface area contributed by atoms with Crippen LogP contribution in [0.1, 0.15) is 0 Å². The number of nitrogens with zero attached hydrogens (tertiary/aromatic N) is 1. The van der Waals surface area contributed by atoms with E-state index in [4.69, 9.17) is 0 Å². The van der Waals surface area contributed by atoms with Gasteiger partial charge in [0, 0.05) is 0 Å². The van der Waals surface area contributed by atoms with Crippen LogP contribution >= 0.6 is 16.1 Å². The molecule has 0 aromatic rings. The summed E-state index contributed by atoms with van der Waals surface area (Å²) in [5.41, 5.74) is 0. The van der Waals surface area contributed by atoms with Gasteiger partial charge in [0.15, 0.2) is 0 Å². The van der Waals surface area contributed by atoms with E-state index in [9.17, 15) is 17.6 Å². The van der Waals surface area contributed by atoms with Crippen LogP contribution in [0.4, 0.5) is 17.6 Å². The summed E-state index contributed by atoms with van der Waals surface area (Å²) in [6.45, 7) is 0. The summed E-state index contributed by atoms with van der Waals surface area (Å²) in [7, 11) is 0. The highest BCUT2D eigenvalue weighted by molar-refractivity contribution is 9.08. The summed E-state index contributed by atoms with van der Waals surface area (Å²) < 4.78 is 46.1. The van der Waals surface area contributed by atoms with Crippen LogP contribution < -0.4 is 0 Å². The Bertz CT molecular complexity index is 105. The fourth-order valence-corrected chi connectivity index (χ4v) is 0.249. The molecule has 0 aromatic carbocycles. The molecule has 48 valence electrons. The molecule has 0 saturated carbocycles. The highest BCUT2D eigenvalue weighted by Crippen LogP contribution is 2.18. The van der Waals surface area contributed by atoms with Gasteiger partial charge >= 0.3 is 12.1 Å². The Kier molecular flexibility index (Phi) is 2.39.